The zero-order chi connectivity index (χ0) is 18.8. The number of thiazole rings is 1. The molecule has 6 nitrogen and oxygen atoms in total. The number of nitrogens with zero attached hydrogens (tertiary/aromatic N) is 5. The zero-order valence-corrected chi connectivity index (χ0v) is 16.5. The van der Waals surface area contributed by atoms with E-state index in [9.17, 15) is 4.79 Å². The van der Waals surface area contributed by atoms with E-state index < -0.39 is 0 Å². The SMILES string of the molecule is C=CCn1c(SCc2cc(=O)n3ccsc3n2)nnc1-c1cccc(Cl)c1. The molecule has 0 aliphatic carbocycles. The van der Waals surface area contributed by atoms with Gasteiger partial charge in [-0.25, -0.2) is 4.98 Å². The number of aromatic nitrogens is 5. The minimum atomic E-state index is -0.0796. The molecule has 0 bridgehead atoms. The van der Waals surface area contributed by atoms with Gasteiger partial charge in [-0.3, -0.25) is 13.8 Å². The maximum absolute atomic E-state index is 12.1. The molecule has 3 aromatic heterocycles. The van der Waals surface area contributed by atoms with Crippen molar-refractivity contribution in [3.8, 4) is 11.4 Å². The summed E-state index contributed by atoms with van der Waals surface area (Å²) in [4.78, 5) is 17.3. The van der Waals surface area contributed by atoms with Gasteiger partial charge in [0.1, 0.15) is 0 Å². The van der Waals surface area contributed by atoms with Crippen molar-refractivity contribution in [1.82, 2.24) is 24.1 Å². The van der Waals surface area contributed by atoms with Gasteiger partial charge in [-0.1, -0.05) is 41.6 Å². The van der Waals surface area contributed by atoms with Crippen molar-refractivity contribution in [2.75, 3.05) is 0 Å². The molecule has 27 heavy (non-hydrogen) atoms. The lowest BCUT2D eigenvalue weighted by Gasteiger charge is -2.08. The minimum absolute atomic E-state index is 0.0796. The van der Waals surface area contributed by atoms with Gasteiger partial charge in [-0.2, -0.15) is 0 Å². The Labute approximate surface area is 168 Å². The summed E-state index contributed by atoms with van der Waals surface area (Å²) in [6, 6.07) is 9.05. The van der Waals surface area contributed by atoms with Crippen LogP contribution in [0.2, 0.25) is 5.02 Å². The average molecular weight is 416 g/mol. The molecule has 0 unspecified atom stereocenters. The van der Waals surface area contributed by atoms with E-state index in [-0.39, 0.29) is 5.56 Å². The standard InChI is InChI=1S/C18H14ClN5OS2/c1-2-6-24-16(12-4-3-5-13(19)9-12)21-22-18(24)27-11-14-10-15(25)23-7-8-26-17(23)20-14/h2-5,7-10H,1,6,11H2. The Morgan fingerprint density at radius 2 is 2.19 bits per heavy atom. The third kappa shape index (κ3) is 3.69. The van der Waals surface area contributed by atoms with E-state index in [1.54, 1.807) is 18.3 Å². The second-order valence-electron chi connectivity index (χ2n) is 5.65. The maximum atomic E-state index is 12.1. The normalized spacial score (nSPS) is 11.1. The van der Waals surface area contributed by atoms with E-state index in [2.05, 4.69) is 21.8 Å². The molecule has 1 aromatic carbocycles. The number of benzene rings is 1. The topological polar surface area (TPSA) is 65.1 Å². The molecule has 9 heteroatoms. The quantitative estimate of drug-likeness (QED) is 0.349. The zero-order valence-electron chi connectivity index (χ0n) is 14.1. The smallest absolute Gasteiger partial charge is 0.258 e. The van der Waals surface area contributed by atoms with Gasteiger partial charge < -0.3 is 0 Å². The Hall–Kier alpha value is -2.42. The molecule has 0 aliphatic rings. The summed E-state index contributed by atoms with van der Waals surface area (Å²) in [6.45, 7) is 4.39. The fraction of sp³-hybridized carbons (Fsp3) is 0.111. The number of rotatable bonds is 6. The maximum Gasteiger partial charge on any atom is 0.258 e. The van der Waals surface area contributed by atoms with Gasteiger partial charge in [0.2, 0.25) is 0 Å². The second kappa shape index (κ2) is 7.67. The molecule has 0 spiro atoms. The van der Waals surface area contributed by atoms with Crippen LogP contribution in [-0.2, 0) is 12.3 Å². The van der Waals surface area contributed by atoms with Crippen LogP contribution >= 0.6 is 34.7 Å². The summed E-state index contributed by atoms with van der Waals surface area (Å²) in [5, 5.41) is 11.8. The fourth-order valence-corrected chi connectivity index (χ4v) is 4.40. The van der Waals surface area contributed by atoms with Gasteiger partial charge in [0, 0.05) is 40.5 Å². The van der Waals surface area contributed by atoms with Crippen molar-refractivity contribution in [1.29, 1.82) is 0 Å². The highest BCUT2D eigenvalue weighted by Gasteiger charge is 2.14. The van der Waals surface area contributed by atoms with Crippen LogP contribution < -0.4 is 5.56 Å². The van der Waals surface area contributed by atoms with Crippen LogP contribution in [0.5, 0.6) is 0 Å². The Kier molecular flexibility index (Phi) is 5.11. The summed E-state index contributed by atoms with van der Waals surface area (Å²) in [6.07, 6.45) is 3.52. The summed E-state index contributed by atoms with van der Waals surface area (Å²) in [5.41, 5.74) is 1.52. The molecule has 0 fully saturated rings. The minimum Gasteiger partial charge on any atom is -0.298 e. The molecule has 0 aliphatic heterocycles. The summed E-state index contributed by atoms with van der Waals surface area (Å²) >= 11 is 9.02. The van der Waals surface area contributed by atoms with Crippen LogP contribution in [-0.4, -0.2) is 24.1 Å². The van der Waals surface area contributed by atoms with Crippen LogP contribution in [0, 0.1) is 0 Å². The molecule has 3 heterocycles. The van der Waals surface area contributed by atoms with Crippen molar-refractivity contribution in [2.24, 2.45) is 0 Å². The molecule has 4 aromatic rings. The first-order valence-electron chi connectivity index (χ1n) is 8.04. The molecular formula is C18H14ClN5OS2. The first kappa shape index (κ1) is 18.0. The van der Waals surface area contributed by atoms with Crippen molar-refractivity contribution in [3.63, 3.8) is 0 Å². The molecule has 0 N–H and O–H groups in total. The number of allylic oxidation sites excluding steroid dienone is 1. The van der Waals surface area contributed by atoms with Gasteiger partial charge in [0.05, 0.1) is 5.69 Å². The third-order valence-corrected chi connectivity index (χ3v) is 5.81. The predicted molar refractivity (Wildman–Crippen MR) is 110 cm³/mol. The van der Waals surface area contributed by atoms with E-state index in [0.29, 0.717) is 28.0 Å². The predicted octanol–water partition coefficient (Wildman–Crippen LogP) is 4.15. The third-order valence-electron chi connectivity index (χ3n) is 3.82. The molecule has 0 atom stereocenters. The Bertz CT molecular complexity index is 1180. The van der Waals surface area contributed by atoms with Crippen molar-refractivity contribution < 1.29 is 0 Å². The largest absolute Gasteiger partial charge is 0.298 e. The summed E-state index contributed by atoms with van der Waals surface area (Å²) < 4.78 is 3.51. The van der Waals surface area contributed by atoms with Gasteiger partial charge in [0.15, 0.2) is 15.9 Å². The Morgan fingerprint density at radius 1 is 1.30 bits per heavy atom. The molecule has 4 rings (SSSR count). The monoisotopic (exact) mass is 415 g/mol. The highest BCUT2D eigenvalue weighted by atomic mass is 35.5. The number of halogens is 1. The van der Waals surface area contributed by atoms with Crippen molar-refractivity contribution in [3.05, 3.63) is 75.6 Å². The molecule has 0 saturated heterocycles. The molecule has 136 valence electrons. The Morgan fingerprint density at radius 3 is 3.00 bits per heavy atom. The number of fused-ring (bicyclic) bond motifs is 1. The molecule has 0 amide bonds. The fourth-order valence-electron chi connectivity index (χ4n) is 2.63. The Balaban J connectivity index is 1.63. The molecule has 0 saturated carbocycles. The number of thioether (sulfide) groups is 1. The first-order chi connectivity index (χ1) is 13.2. The average Bonchev–Trinajstić information content (AvgIpc) is 3.28. The molecular weight excluding hydrogens is 402 g/mol. The van der Waals surface area contributed by atoms with E-state index in [1.807, 2.05) is 34.2 Å². The van der Waals surface area contributed by atoms with Gasteiger partial charge >= 0.3 is 0 Å². The van der Waals surface area contributed by atoms with E-state index >= 15 is 0 Å². The van der Waals surface area contributed by atoms with Gasteiger partial charge in [0.25, 0.3) is 5.56 Å². The lowest BCUT2D eigenvalue weighted by atomic mass is 10.2. The van der Waals surface area contributed by atoms with E-state index in [4.69, 9.17) is 11.6 Å². The van der Waals surface area contributed by atoms with Gasteiger partial charge in [-0.05, 0) is 12.1 Å². The van der Waals surface area contributed by atoms with Crippen molar-refractivity contribution >= 4 is 39.7 Å². The van der Waals surface area contributed by atoms with Crippen LogP contribution in [0.3, 0.4) is 0 Å². The summed E-state index contributed by atoms with van der Waals surface area (Å²) in [5.74, 6) is 1.25. The van der Waals surface area contributed by atoms with Crippen LogP contribution in [0.15, 0.2) is 64.5 Å². The lowest BCUT2D eigenvalue weighted by Crippen LogP contribution is -2.12. The number of hydrogen-bond donors (Lipinski definition) is 0. The first-order valence-corrected chi connectivity index (χ1v) is 10.3. The summed E-state index contributed by atoms with van der Waals surface area (Å²) in [7, 11) is 0. The lowest BCUT2D eigenvalue weighted by molar-refractivity contribution is 0.731. The van der Waals surface area contributed by atoms with E-state index in [1.165, 1.54) is 27.5 Å². The highest BCUT2D eigenvalue weighted by Crippen LogP contribution is 2.27. The number of hydrogen-bond acceptors (Lipinski definition) is 6. The van der Waals surface area contributed by atoms with Crippen LogP contribution in [0.25, 0.3) is 16.3 Å². The van der Waals surface area contributed by atoms with Gasteiger partial charge in [-0.15, -0.1) is 28.1 Å². The molecule has 0 radical (unpaired) electrons. The second-order valence-corrected chi connectivity index (χ2v) is 7.90. The highest BCUT2D eigenvalue weighted by molar-refractivity contribution is 7.98. The van der Waals surface area contributed by atoms with E-state index in [0.717, 1.165) is 16.5 Å². The van der Waals surface area contributed by atoms with Crippen LogP contribution in [0.1, 0.15) is 5.69 Å². The van der Waals surface area contributed by atoms with Crippen LogP contribution in [0.4, 0.5) is 0 Å². The van der Waals surface area contributed by atoms with Crippen molar-refractivity contribution in [2.45, 2.75) is 17.5 Å².